The van der Waals surface area contributed by atoms with Gasteiger partial charge in [-0.2, -0.15) is 0 Å². The molecule has 21 heavy (non-hydrogen) atoms. The minimum Gasteiger partial charge on any atom is -0.314 e. The monoisotopic (exact) mass is 305 g/mol. The lowest BCUT2D eigenvalue weighted by Gasteiger charge is -2.38. The predicted molar refractivity (Wildman–Crippen MR) is 90.9 cm³/mol. The van der Waals surface area contributed by atoms with Crippen molar-refractivity contribution < 1.29 is 0 Å². The first-order valence-corrected chi connectivity index (χ1v) is 9.11. The maximum Gasteiger partial charge on any atom is 0.0406 e. The van der Waals surface area contributed by atoms with Crippen molar-refractivity contribution in [2.45, 2.75) is 70.3 Å². The molecule has 0 heterocycles. The van der Waals surface area contributed by atoms with Gasteiger partial charge in [0.15, 0.2) is 0 Å². The average Bonchev–Trinajstić information content (AvgIpc) is 3.32. The van der Waals surface area contributed by atoms with E-state index < -0.39 is 0 Å². The Morgan fingerprint density at radius 2 is 1.71 bits per heavy atom. The first kappa shape index (κ1) is 15.4. The van der Waals surface area contributed by atoms with Gasteiger partial charge in [-0.25, -0.2) is 0 Å². The molecule has 2 heteroatoms. The number of halogens is 1. The summed E-state index contributed by atoms with van der Waals surface area (Å²) in [6.07, 6.45) is 13.9. The summed E-state index contributed by atoms with van der Waals surface area (Å²) in [7, 11) is 0. The van der Waals surface area contributed by atoms with E-state index >= 15 is 0 Å². The fourth-order valence-corrected chi connectivity index (χ4v) is 3.94. The Bertz CT molecular complexity index is 429. The Balaban J connectivity index is 1.54. The lowest BCUT2D eigenvalue weighted by molar-refractivity contribution is 0.156. The van der Waals surface area contributed by atoms with Gasteiger partial charge in [-0.1, -0.05) is 43.0 Å². The molecule has 1 nitrogen and oxygen atoms in total. The minimum absolute atomic E-state index is 0.597. The number of hydrogen-bond acceptors (Lipinski definition) is 1. The van der Waals surface area contributed by atoms with E-state index in [1.807, 2.05) is 12.1 Å². The number of rotatable bonds is 7. The average molecular weight is 306 g/mol. The summed E-state index contributed by atoms with van der Waals surface area (Å²) in [4.78, 5) is 0. The smallest absolute Gasteiger partial charge is 0.0406 e. The number of nitrogens with one attached hydrogen (secondary N) is 1. The van der Waals surface area contributed by atoms with Crippen molar-refractivity contribution in [2.75, 3.05) is 6.54 Å². The Kier molecular flexibility index (Phi) is 5.24. The molecule has 0 spiro atoms. The van der Waals surface area contributed by atoms with Crippen LogP contribution in [0.25, 0.3) is 0 Å². The Hall–Kier alpha value is -0.530. The van der Waals surface area contributed by atoms with Gasteiger partial charge >= 0.3 is 0 Å². The molecule has 0 atom stereocenters. The second kappa shape index (κ2) is 7.15. The zero-order valence-electron chi connectivity index (χ0n) is 13.0. The summed E-state index contributed by atoms with van der Waals surface area (Å²) in [5, 5.41) is 4.56. The second-order valence-electron chi connectivity index (χ2n) is 7.17. The van der Waals surface area contributed by atoms with E-state index in [1.54, 1.807) is 0 Å². The standard InChI is InChI=1S/C19H28ClN/c20-17-6-4-16(5-7-17)10-13-19(11-2-1-3-12-19)14-15-21-18-8-9-18/h4-7,18,21H,1-3,8-15H2. The summed E-state index contributed by atoms with van der Waals surface area (Å²) in [5.74, 6) is 0. The van der Waals surface area contributed by atoms with E-state index in [2.05, 4.69) is 17.4 Å². The van der Waals surface area contributed by atoms with E-state index in [4.69, 9.17) is 11.6 Å². The van der Waals surface area contributed by atoms with Gasteiger partial charge in [0.25, 0.3) is 0 Å². The minimum atomic E-state index is 0.597. The zero-order valence-corrected chi connectivity index (χ0v) is 13.8. The highest BCUT2D eigenvalue weighted by Crippen LogP contribution is 2.43. The summed E-state index contributed by atoms with van der Waals surface area (Å²) >= 11 is 5.98. The van der Waals surface area contributed by atoms with Crippen molar-refractivity contribution in [3.05, 3.63) is 34.9 Å². The van der Waals surface area contributed by atoms with Gasteiger partial charge in [0.2, 0.25) is 0 Å². The van der Waals surface area contributed by atoms with Crippen molar-refractivity contribution in [1.82, 2.24) is 5.32 Å². The summed E-state index contributed by atoms with van der Waals surface area (Å²) in [6, 6.07) is 9.29. The molecular formula is C19H28ClN. The van der Waals surface area contributed by atoms with Gasteiger partial charge in [0.05, 0.1) is 0 Å². The van der Waals surface area contributed by atoms with Crippen molar-refractivity contribution in [1.29, 1.82) is 0 Å². The van der Waals surface area contributed by atoms with Gasteiger partial charge in [0.1, 0.15) is 0 Å². The molecule has 1 aromatic carbocycles. The largest absolute Gasteiger partial charge is 0.314 e. The molecule has 1 N–H and O–H groups in total. The maximum absolute atomic E-state index is 5.98. The zero-order chi connectivity index (χ0) is 14.5. The number of hydrogen-bond donors (Lipinski definition) is 1. The Morgan fingerprint density at radius 3 is 2.38 bits per heavy atom. The third-order valence-corrected chi connectivity index (χ3v) is 5.69. The van der Waals surface area contributed by atoms with Crippen LogP contribution in [0.5, 0.6) is 0 Å². The molecule has 2 aliphatic rings. The molecule has 0 aliphatic heterocycles. The van der Waals surface area contributed by atoms with Crippen LogP contribution in [-0.4, -0.2) is 12.6 Å². The van der Waals surface area contributed by atoms with Crippen LogP contribution in [0.15, 0.2) is 24.3 Å². The lowest BCUT2D eigenvalue weighted by atomic mass is 9.68. The van der Waals surface area contributed by atoms with Crippen molar-refractivity contribution >= 4 is 11.6 Å². The third kappa shape index (κ3) is 4.72. The summed E-state index contributed by atoms with van der Waals surface area (Å²) < 4.78 is 0. The van der Waals surface area contributed by atoms with Crippen LogP contribution in [0, 0.1) is 5.41 Å². The molecular weight excluding hydrogens is 278 g/mol. The van der Waals surface area contributed by atoms with Crippen LogP contribution in [0.1, 0.15) is 63.4 Å². The third-order valence-electron chi connectivity index (χ3n) is 5.44. The first-order chi connectivity index (χ1) is 10.3. The van der Waals surface area contributed by atoms with E-state index in [1.165, 1.54) is 76.3 Å². The molecule has 0 bridgehead atoms. The number of aryl methyl sites for hydroxylation is 1. The van der Waals surface area contributed by atoms with Crippen molar-refractivity contribution in [2.24, 2.45) is 5.41 Å². The van der Waals surface area contributed by atoms with E-state index in [0.717, 1.165) is 11.1 Å². The van der Waals surface area contributed by atoms with Crippen LogP contribution in [-0.2, 0) is 6.42 Å². The molecule has 0 aromatic heterocycles. The first-order valence-electron chi connectivity index (χ1n) is 8.74. The van der Waals surface area contributed by atoms with Crippen LogP contribution >= 0.6 is 11.6 Å². The second-order valence-corrected chi connectivity index (χ2v) is 7.60. The molecule has 1 aromatic rings. The van der Waals surface area contributed by atoms with Crippen LogP contribution in [0.4, 0.5) is 0 Å². The molecule has 0 unspecified atom stereocenters. The molecule has 3 rings (SSSR count). The SMILES string of the molecule is Clc1ccc(CCC2(CCNC3CC3)CCCCC2)cc1. The van der Waals surface area contributed by atoms with Gasteiger partial charge in [-0.3, -0.25) is 0 Å². The quantitative estimate of drug-likeness (QED) is 0.714. The summed E-state index contributed by atoms with van der Waals surface area (Å²) in [6.45, 7) is 1.23. The van der Waals surface area contributed by atoms with Crippen molar-refractivity contribution in [3.63, 3.8) is 0 Å². The maximum atomic E-state index is 5.98. The highest BCUT2D eigenvalue weighted by molar-refractivity contribution is 6.30. The Labute approximate surface area is 134 Å². The topological polar surface area (TPSA) is 12.0 Å². The molecule has 0 amide bonds. The van der Waals surface area contributed by atoms with Gasteiger partial charge in [-0.15, -0.1) is 0 Å². The fraction of sp³-hybridized carbons (Fsp3) is 0.684. The van der Waals surface area contributed by atoms with Crippen LogP contribution in [0.3, 0.4) is 0 Å². The summed E-state index contributed by atoms with van der Waals surface area (Å²) in [5.41, 5.74) is 2.04. The van der Waals surface area contributed by atoms with Gasteiger partial charge in [-0.05, 0) is 74.6 Å². The molecule has 2 saturated carbocycles. The highest BCUT2D eigenvalue weighted by atomic mass is 35.5. The van der Waals surface area contributed by atoms with E-state index in [-0.39, 0.29) is 0 Å². The molecule has 2 aliphatic carbocycles. The predicted octanol–water partition coefficient (Wildman–Crippen LogP) is 5.37. The normalized spacial score (nSPS) is 21.4. The fourth-order valence-electron chi connectivity index (χ4n) is 3.82. The Morgan fingerprint density at radius 1 is 1.00 bits per heavy atom. The highest BCUT2D eigenvalue weighted by Gasteiger charge is 2.32. The van der Waals surface area contributed by atoms with Gasteiger partial charge < -0.3 is 5.32 Å². The molecule has 0 saturated heterocycles. The number of benzene rings is 1. The molecule has 116 valence electrons. The van der Waals surface area contributed by atoms with Crippen LogP contribution < -0.4 is 5.32 Å². The van der Waals surface area contributed by atoms with Crippen LogP contribution in [0.2, 0.25) is 5.02 Å². The van der Waals surface area contributed by atoms with E-state index in [9.17, 15) is 0 Å². The van der Waals surface area contributed by atoms with Gasteiger partial charge in [0, 0.05) is 11.1 Å². The lowest BCUT2D eigenvalue weighted by Crippen LogP contribution is -2.30. The van der Waals surface area contributed by atoms with E-state index in [0.29, 0.717) is 5.41 Å². The molecule has 2 fully saturated rings. The van der Waals surface area contributed by atoms with Crippen molar-refractivity contribution in [3.8, 4) is 0 Å². The molecule has 0 radical (unpaired) electrons.